The first-order valence-corrected chi connectivity index (χ1v) is 8.76. The molecule has 0 bridgehead atoms. The van der Waals surface area contributed by atoms with Crippen molar-refractivity contribution in [3.63, 3.8) is 0 Å². The van der Waals surface area contributed by atoms with Crippen LogP contribution in [0.5, 0.6) is 0 Å². The molecule has 1 aliphatic heterocycles. The Hall–Kier alpha value is -3.75. The van der Waals surface area contributed by atoms with Crippen molar-refractivity contribution >= 4 is 28.3 Å². The Balaban J connectivity index is 1.90. The zero-order chi connectivity index (χ0) is 19.8. The number of para-hydroxylation sites is 1. The number of carbonyl (C=O) groups excluding carboxylic acids is 1. The standard InChI is InChI=1S/C19H16N4O5/c24-16-7-3-5-11-4-1-2-6-15(11)22(16)10-12-8-13(23(27)28)9-14-17(12)21-19(26)18(25)20-14/h1-2,4,6,8-9H,3,5,7,10H2,(H,20,25)(H,21,26). The first-order valence-electron chi connectivity index (χ1n) is 8.76. The van der Waals surface area contributed by atoms with E-state index in [0.717, 1.165) is 17.7 Å². The van der Waals surface area contributed by atoms with Gasteiger partial charge in [-0.3, -0.25) is 24.5 Å². The number of carbonyl (C=O) groups is 1. The molecule has 0 radical (unpaired) electrons. The van der Waals surface area contributed by atoms with Crippen LogP contribution in [0.4, 0.5) is 11.4 Å². The van der Waals surface area contributed by atoms with Crippen LogP contribution in [0.2, 0.25) is 0 Å². The molecule has 2 heterocycles. The summed E-state index contributed by atoms with van der Waals surface area (Å²) in [6.07, 6.45) is 1.83. The van der Waals surface area contributed by atoms with Gasteiger partial charge in [-0.15, -0.1) is 0 Å². The number of aryl methyl sites for hydroxylation is 1. The highest BCUT2D eigenvalue weighted by molar-refractivity contribution is 5.95. The van der Waals surface area contributed by atoms with Crippen molar-refractivity contribution in [2.45, 2.75) is 25.8 Å². The quantitative estimate of drug-likeness (QED) is 0.408. The number of anilines is 1. The smallest absolute Gasteiger partial charge is 0.314 e. The number of rotatable bonds is 3. The Bertz CT molecular complexity index is 1230. The van der Waals surface area contributed by atoms with Crippen molar-refractivity contribution in [2.24, 2.45) is 0 Å². The molecule has 28 heavy (non-hydrogen) atoms. The number of benzene rings is 2. The van der Waals surface area contributed by atoms with Gasteiger partial charge >= 0.3 is 11.1 Å². The molecule has 142 valence electrons. The van der Waals surface area contributed by atoms with Crippen LogP contribution in [-0.2, 0) is 17.8 Å². The molecule has 3 aromatic rings. The van der Waals surface area contributed by atoms with Crippen LogP contribution in [0.25, 0.3) is 11.0 Å². The summed E-state index contributed by atoms with van der Waals surface area (Å²) in [5, 5.41) is 11.3. The predicted octanol–water partition coefficient (Wildman–Crippen LogP) is 1.99. The molecule has 0 saturated heterocycles. The molecule has 2 N–H and O–H groups in total. The molecule has 0 saturated carbocycles. The molecule has 9 nitrogen and oxygen atoms in total. The number of nitro groups is 1. The lowest BCUT2D eigenvalue weighted by molar-refractivity contribution is -0.384. The highest BCUT2D eigenvalue weighted by atomic mass is 16.6. The molecule has 1 aliphatic rings. The summed E-state index contributed by atoms with van der Waals surface area (Å²) in [7, 11) is 0. The van der Waals surface area contributed by atoms with E-state index in [9.17, 15) is 24.5 Å². The third kappa shape index (κ3) is 3.07. The fourth-order valence-electron chi connectivity index (χ4n) is 3.54. The fourth-order valence-corrected chi connectivity index (χ4v) is 3.54. The molecule has 0 spiro atoms. The van der Waals surface area contributed by atoms with Gasteiger partial charge in [0.25, 0.3) is 5.69 Å². The molecule has 2 aromatic carbocycles. The lowest BCUT2D eigenvalue weighted by Gasteiger charge is -2.23. The lowest BCUT2D eigenvalue weighted by atomic mass is 10.1. The maximum Gasteiger partial charge on any atom is 0.314 e. The van der Waals surface area contributed by atoms with E-state index in [4.69, 9.17) is 0 Å². The molecular weight excluding hydrogens is 364 g/mol. The number of H-pyrrole nitrogens is 2. The Labute approximate surface area is 157 Å². The second kappa shape index (κ2) is 6.76. The van der Waals surface area contributed by atoms with E-state index in [1.165, 1.54) is 12.1 Å². The van der Waals surface area contributed by atoms with Crippen LogP contribution in [0.3, 0.4) is 0 Å². The average molecular weight is 380 g/mol. The molecular formula is C19H16N4O5. The summed E-state index contributed by atoms with van der Waals surface area (Å²) >= 11 is 0. The summed E-state index contributed by atoms with van der Waals surface area (Å²) in [4.78, 5) is 53.3. The zero-order valence-electron chi connectivity index (χ0n) is 14.7. The third-order valence-corrected chi connectivity index (χ3v) is 4.86. The van der Waals surface area contributed by atoms with Crippen LogP contribution in [-0.4, -0.2) is 20.8 Å². The van der Waals surface area contributed by atoms with Crippen LogP contribution < -0.4 is 16.0 Å². The Morgan fingerprint density at radius 1 is 1.04 bits per heavy atom. The Kier molecular flexibility index (Phi) is 4.26. The topological polar surface area (TPSA) is 129 Å². The summed E-state index contributed by atoms with van der Waals surface area (Å²) in [5.74, 6) is -0.101. The van der Waals surface area contributed by atoms with Gasteiger partial charge in [0.05, 0.1) is 22.5 Å². The van der Waals surface area contributed by atoms with E-state index in [0.29, 0.717) is 18.4 Å². The number of aromatic nitrogens is 2. The summed E-state index contributed by atoms with van der Waals surface area (Å²) in [6, 6.07) is 10.0. The molecule has 1 aromatic heterocycles. The van der Waals surface area contributed by atoms with E-state index < -0.39 is 16.0 Å². The monoisotopic (exact) mass is 380 g/mol. The largest absolute Gasteiger partial charge is 0.316 e. The van der Waals surface area contributed by atoms with Gasteiger partial charge in [-0.25, -0.2) is 0 Å². The van der Waals surface area contributed by atoms with E-state index in [1.54, 1.807) is 4.90 Å². The number of nitrogens with zero attached hydrogens (tertiary/aromatic N) is 2. The van der Waals surface area contributed by atoms with E-state index in [1.807, 2.05) is 24.3 Å². The number of aromatic amines is 2. The second-order valence-electron chi connectivity index (χ2n) is 6.65. The van der Waals surface area contributed by atoms with Gasteiger partial charge in [-0.05, 0) is 24.5 Å². The Morgan fingerprint density at radius 2 is 1.79 bits per heavy atom. The highest BCUT2D eigenvalue weighted by Crippen LogP contribution is 2.30. The second-order valence-corrected chi connectivity index (χ2v) is 6.65. The predicted molar refractivity (Wildman–Crippen MR) is 102 cm³/mol. The Morgan fingerprint density at radius 3 is 2.57 bits per heavy atom. The number of nitro benzene ring substituents is 1. The number of hydrogen-bond acceptors (Lipinski definition) is 5. The van der Waals surface area contributed by atoms with Crippen molar-refractivity contribution in [3.8, 4) is 0 Å². The van der Waals surface area contributed by atoms with Gasteiger partial charge in [-0.1, -0.05) is 18.2 Å². The average Bonchev–Trinajstić information content (AvgIpc) is 2.82. The number of fused-ring (bicyclic) bond motifs is 2. The molecule has 0 fully saturated rings. The number of amides is 1. The molecule has 4 rings (SSSR count). The third-order valence-electron chi connectivity index (χ3n) is 4.86. The molecule has 0 atom stereocenters. The van der Waals surface area contributed by atoms with Crippen molar-refractivity contribution in [1.29, 1.82) is 0 Å². The highest BCUT2D eigenvalue weighted by Gasteiger charge is 2.24. The number of hydrogen-bond donors (Lipinski definition) is 2. The minimum atomic E-state index is -0.893. The maximum absolute atomic E-state index is 12.7. The van der Waals surface area contributed by atoms with E-state index >= 15 is 0 Å². The van der Waals surface area contributed by atoms with Gasteiger partial charge in [0.15, 0.2) is 0 Å². The van der Waals surface area contributed by atoms with Crippen LogP contribution in [0.1, 0.15) is 24.0 Å². The van der Waals surface area contributed by atoms with Gasteiger partial charge in [0.2, 0.25) is 5.91 Å². The normalized spacial score (nSPS) is 14.0. The van der Waals surface area contributed by atoms with Gasteiger partial charge in [0, 0.05) is 29.8 Å². The summed E-state index contributed by atoms with van der Waals surface area (Å²) < 4.78 is 0. The minimum Gasteiger partial charge on any atom is -0.316 e. The molecule has 1 amide bonds. The van der Waals surface area contributed by atoms with E-state index in [-0.39, 0.29) is 29.2 Å². The van der Waals surface area contributed by atoms with Crippen LogP contribution >= 0.6 is 0 Å². The SMILES string of the molecule is O=C1CCCc2ccccc2N1Cc1cc([N+](=O)[O-])cc2[nH]c(=O)c(=O)[nH]c12. The van der Waals surface area contributed by atoms with Crippen molar-refractivity contribution in [2.75, 3.05) is 4.90 Å². The summed E-state index contributed by atoms with van der Waals surface area (Å²) in [5.41, 5.74) is 0.569. The van der Waals surface area contributed by atoms with Gasteiger partial charge in [0.1, 0.15) is 0 Å². The molecule has 0 aliphatic carbocycles. The zero-order valence-corrected chi connectivity index (χ0v) is 14.7. The minimum absolute atomic E-state index is 0.0377. The van der Waals surface area contributed by atoms with Gasteiger partial charge < -0.3 is 14.9 Å². The van der Waals surface area contributed by atoms with Gasteiger partial charge in [-0.2, -0.15) is 0 Å². The van der Waals surface area contributed by atoms with Crippen molar-refractivity contribution < 1.29 is 9.72 Å². The van der Waals surface area contributed by atoms with Crippen molar-refractivity contribution in [3.05, 3.63) is 78.3 Å². The molecule has 0 unspecified atom stereocenters. The maximum atomic E-state index is 12.7. The fraction of sp³-hybridized carbons (Fsp3) is 0.211. The first kappa shape index (κ1) is 17.7. The number of non-ortho nitro benzene ring substituents is 1. The summed E-state index contributed by atoms with van der Waals surface area (Å²) in [6.45, 7) is 0.0377. The van der Waals surface area contributed by atoms with E-state index in [2.05, 4.69) is 9.97 Å². The lowest BCUT2D eigenvalue weighted by Crippen LogP contribution is -2.32. The molecule has 9 heteroatoms. The van der Waals surface area contributed by atoms with Crippen LogP contribution in [0.15, 0.2) is 46.0 Å². The number of nitrogens with one attached hydrogen (secondary N) is 2. The first-order chi connectivity index (χ1) is 13.4. The van der Waals surface area contributed by atoms with Crippen molar-refractivity contribution in [1.82, 2.24) is 9.97 Å². The van der Waals surface area contributed by atoms with Crippen LogP contribution in [0, 0.1) is 10.1 Å².